The number of carboxylic acid groups (broad SMARTS) is 1. The smallest absolute Gasteiger partial charge is 0.337 e. The summed E-state index contributed by atoms with van der Waals surface area (Å²) in [5, 5.41) is 11.4. The maximum atomic E-state index is 10.5. The molecule has 0 aliphatic rings. The van der Waals surface area contributed by atoms with Crippen LogP contribution < -0.4 is 5.32 Å². The zero-order chi connectivity index (χ0) is 8.27. The van der Waals surface area contributed by atoms with Crippen molar-refractivity contribution in [3.05, 3.63) is 24.0 Å². The van der Waals surface area contributed by atoms with Crippen LogP contribution in [0.4, 0.5) is 5.69 Å². The Bertz CT molecular complexity index is 273. The van der Waals surface area contributed by atoms with Gasteiger partial charge in [0.15, 0.2) is 0 Å². The molecule has 0 saturated heterocycles. The highest BCUT2D eigenvalue weighted by atomic mass is 16.4. The molecule has 0 aliphatic carbocycles. The average molecular weight is 152 g/mol. The van der Waals surface area contributed by atoms with E-state index in [1.807, 2.05) is 0 Å². The van der Waals surface area contributed by atoms with Gasteiger partial charge in [0.25, 0.3) is 0 Å². The molecule has 1 heterocycles. The molecule has 4 heteroatoms. The van der Waals surface area contributed by atoms with Gasteiger partial charge in [-0.15, -0.1) is 0 Å². The first kappa shape index (κ1) is 7.53. The van der Waals surface area contributed by atoms with Gasteiger partial charge in [-0.25, -0.2) is 4.79 Å². The molecule has 58 valence electrons. The molecule has 4 nitrogen and oxygen atoms in total. The molecule has 1 aromatic heterocycles. The summed E-state index contributed by atoms with van der Waals surface area (Å²) in [6.45, 7) is 0. The number of hydrogen-bond acceptors (Lipinski definition) is 3. The molecule has 0 unspecified atom stereocenters. The van der Waals surface area contributed by atoms with Crippen molar-refractivity contribution in [2.24, 2.45) is 0 Å². The lowest BCUT2D eigenvalue weighted by molar-refractivity contribution is 0.0698. The summed E-state index contributed by atoms with van der Waals surface area (Å²) in [6, 6.07) is 1.45. The van der Waals surface area contributed by atoms with Crippen LogP contribution in [0, 0.1) is 0 Å². The Kier molecular flexibility index (Phi) is 2.06. The van der Waals surface area contributed by atoms with Crippen LogP contribution in [-0.4, -0.2) is 23.1 Å². The summed E-state index contributed by atoms with van der Waals surface area (Å²) >= 11 is 0. The third-order valence-corrected chi connectivity index (χ3v) is 1.32. The molecule has 1 rings (SSSR count). The molecule has 0 aliphatic heterocycles. The molecular weight excluding hydrogens is 144 g/mol. The van der Waals surface area contributed by atoms with Gasteiger partial charge < -0.3 is 10.4 Å². The number of aromatic carboxylic acids is 1. The molecule has 0 bridgehead atoms. The van der Waals surface area contributed by atoms with Gasteiger partial charge in [-0.05, 0) is 6.07 Å². The molecule has 0 saturated carbocycles. The van der Waals surface area contributed by atoms with Crippen molar-refractivity contribution < 1.29 is 9.90 Å². The highest BCUT2D eigenvalue weighted by Gasteiger charge is 2.06. The minimum absolute atomic E-state index is 0.238. The van der Waals surface area contributed by atoms with Gasteiger partial charge in [-0.3, -0.25) is 4.98 Å². The molecule has 0 radical (unpaired) electrons. The first-order valence-electron chi connectivity index (χ1n) is 3.10. The van der Waals surface area contributed by atoms with Gasteiger partial charge in [-0.2, -0.15) is 0 Å². The number of hydrogen-bond donors (Lipinski definition) is 2. The molecule has 2 N–H and O–H groups in total. The number of anilines is 1. The van der Waals surface area contributed by atoms with E-state index in [1.165, 1.54) is 18.5 Å². The van der Waals surface area contributed by atoms with Crippen molar-refractivity contribution in [2.45, 2.75) is 0 Å². The highest BCUT2D eigenvalue weighted by Crippen LogP contribution is 2.11. The number of rotatable bonds is 2. The predicted molar refractivity (Wildman–Crippen MR) is 40.7 cm³/mol. The maximum Gasteiger partial charge on any atom is 0.337 e. The summed E-state index contributed by atoms with van der Waals surface area (Å²) in [7, 11) is 1.66. The largest absolute Gasteiger partial charge is 0.478 e. The van der Waals surface area contributed by atoms with Gasteiger partial charge in [0.05, 0.1) is 17.4 Å². The van der Waals surface area contributed by atoms with Crippen LogP contribution in [0.3, 0.4) is 0 Å². The fourth-order valence-electron chi connectivity index (χ4n) is 0.780. The van der Waals surface area contributed by atoms with Crippen LogP contribution in [-0.2, 0) is 0 Å². The zero-order valence-electron chi connectivity index (χ0n) is 6.03. The SMILES string of the molecule is CNc1cnccc1C(=O)O. The van der Waals surface area contributed by atoms with E-state index in [0.29, 0.717) is 5.69 Å². The first-order chi connectivity index (χ1) is 5.25. The molecule has 0 amide bonds. The lowest BCUT2D eigenvalue weighted by Crippen LogP contribution is -2.02. The number of nitrogens with zero attached hydrogens (tertiary/aromatic N) is 1. The summed E-state index contributed by atoms with van der Waals surface area (Å²) in [5.74, 6) is -0.947. The number of aromatic nitrogens is 1. The quantitative estimate of drug-likeness (QED) is 0.658. The van der Waals surface area contributed by atoms with Crippen LogP contribution >= 0.6 is 0 Å². The van der Waals surface area contributed by atoms with Crippen LogP contribution in [0.15, 0.2) is 18.5 Å². The standard InChI is InChI=1S/C7H8N2O2/c1-8-6-4-9-3-2-5(6)7(10)11/h2-4,8H,1H3,(H,10,11). The van der Waals surface area contributed by atoms with Crippen LogP contribution in [0.2, 0.25) is 0 Å². The van der Waals surface area contributed by atoms with Gasteiger partial charge in [0.2, 0.25) is 0 Å². The maximum absolute atomic E-state index is 10.5. The fourth-order valence-corrected chi connectivity index (χ4v) is 0.780. The van der Waals surface area contributed by atoms with Crippen LogP contribution in [0.5, 0.6) is 0 Å². The first-order valence-corrected chi connectivity index (χ1v) is 3.10. The van der Waals surface area contributed by atoms with Crippen molar-refractivity contribution in [1.29, 1.82) is 0 Å². The second-order valence-corrected chi connectivity index (χ2v) is 1.98. The van der Waals surface area contributed by atoms with E-state index in [-0.39, 0.29) is 5.56 Å². The van der Waals surface area contributed by atoms with Crippen molar-refractivity contribution in [2.75, 3.05) is 12.4 Å². The monoisotopic (exact) mass is 152 g/mol. The Hall–Kier alpha value is -1.58. The van der Waals surface area contributed by atoms with Gasteiger partial charge in [-0.1, -0.05) is 0 Å². The summed E-state index contributed by atoms with van der Waals surface area (Å²) in [5.41, 5.74) is 0.766. The normalized spacial score (nSPS) is 9.18. The molecular formula is C7H8N2O2. The molecule has 1 aromatic rings. The van der Waals surface area contributed by atoms with Crippen molar-refractivity contribution in [1.82, 2.24) is 4.98 Å². The number of pyridine rings is 1. The van der Waals surface area contributed by atoms with E-state index in [2.05, 4.69) is 10.3 Å². The lowest BCUT2D eigenvalue weighted by atomic mass is 10.2. The van der Waals surface area contributed by atoms with Gasteiger partial charge in [0, 0.05) is 13.2 Å². The molecule has 0 spiro atoms. The minimum Gasteiger partial charge on any atom is -0.478 e. The minimum atomic E-state index is -0.947. The third-order valence-electron chi connectivity index (χ3n) is 1.32. The summed E-state index contributed by atoms with van der Waals surface area (Å²) < 4.78 is 0. The Morgan fingerprint density at radius 2 is 2.45 bits per heavy atom. The fraction of sp³-hybridized carbons (Fsp3) is 0.143. The predicted octanol–water partition coefficient (Wildman–Crippen LogP) is 0.821. The number of carboxylic acids is 1. The Labute approximate surface area is 63.9 Å². The summed E-state index contributed by atoms with van der Waals surface area (Å²) in [6.07, 6.45) is 2.92. The Balaban J connectivity index is 3.12. The van der Waals surface area contributed by atoms with Crippen LogP contribution in [0.1, 0.15) is 10.4 Å². The molecule has 0 fully saturated rings. The Morgan fingerprint density at radius 1 is 1.73 bits per heavy atom. The molecule has 0 atom stereocenters. The second-order valence-electron chi connectivity index (χ2n) is 1.98. The van der Waals surface area contributed by atoms with E-state index in [1.54, 1.807) is 7.05 Å². The van der Waals surface area contributed by atoms with E-state index in [4.69, 9.17) is 5.11 Å². The van der Waals surface area contributed by atoms with E-state index in [0.717, 1.165) is 0 Å². The number of carbonyl (C=O) groups is 1. The van der Waals surface area contributed by atoms with E-state index in [9.17, 15) is 4.79 Å². The van der Waals surface area contributed by atoms with E-state index < -0.39 is 5.97 Å². The molecule has 0 aromatic carbocycles. The number of nitrogens with one attached hydrogen (secondary N) is 1. The summed E-state index contributed by atoms with van der Waals surface area (Å²) in [4.78, 5) is 14.3. The van der Waals surface area contributed by atoms with Crippen molar-refractivity contribution in [3.8, 4) is 0 Å². The van der Waals surface area contributed by atoms with Crippen LogP contribution in [0.25, 0.3) is 0 Å². The lowest BCUT2D eigenvalue weighted by Gasteiger charge is -2.01. The topological polar surface area (TPSA) is 62.2 Å². The van der Waals surface area contributed by atoms with Crippen molar-refractivity contribution in [3.63, 3.8) is 0 Å². The van der Waals surface area contributed by atoms with Crippen molar-refractivity contribution >= 4 is 11.7 Å². The van der Waals surface area contributed by atoms with E-state index >= 15 is 0 Å². The van der Waals surface area contributed by atoms with Gasteiger partial charge in [0.1, 0.15) is 0 Å². The molecule has 11 heavy (non-hydrogen) atoms. The van der Waals surface area contributed by atoms with Gasteiger partial charge >= 0.3 is 5.97 Å². The zero-order valence-corrected chi connectivity index (χ0v) is 6.03. The second kappa shape index (κ2) is 3.01. The highest BCUT2D eigenvalue weighted by molar-refractivity contribution is 5.93. The average Bonchev–Trinajstić information content (AvgIpc) is 2.04. The Morgan fingerprint density at radius 3 is 2.91 bits per heavy atom. The third kappa shape index (κ3) is 1.46.